The quantitative estimate of drug-likeness (QED) is 0.632. The Morgan fingerprint density at radius 3 is 2.62 bits per heavy atom. The van der Waals surface area contributed by atoms with Crippen molar-refractivity contribution in [1.29, 1.82) is 0 Å². The zero-order chi connectivity index (χ0) is 12.3. The average molecular weight is 223 g/mol. The van der Waals surface area contributed by atoms with Crippen LogP contribution in [0, 0.1) is 22.5 Å². The maximum Gasteiger partial charge on any atom is 0.277 e. The largest absolute Gasteiger partial charge is 0.369 e. The molecule has 0 aliphatic heterocycles. The highest BCUT2D eigenvalue weighted by Gasteiger charge is 2.14. The van der Waals surface area contributed by atoms with Crippen molar-refractivity contribution >= 4 is 11.5 Å². The van der Waals surface area contributed by atoms with E-state index in [0.29, 0.717) is 11.4 Å². The van der Waals surface area contributed by atoms with Crippen LogP contribution in [0.1, 0.15) is 26.3 Å². The highest BCUT2D eigenvalue weighted by Crippen LogP contribution is 2.21. The van der Waals surface area contributed by atoms with Gasteiger partial charge >= 0.3 is 0 Å². The van der Waals surface area contributed by atoms with Crippen LogP contribution in [0.3, 0.4) is 0 Å². The Bertz CT molecular complexity index is 397. The fraction of sp³-hybridized carbons (Fsp3) is 0.545. The van der Waals surface area contributed by atoms with Gasteiger partial charge in [-0.2, -0.15) is 0 Å². The monoisotopic (exact) mass is 223 g/mol. The Morgan fingerprint density at radius 1 is 1.50 bits per heavy atom. The van der Waals surface area contributed by atoms with Gasteiger partial charge in [-0.05, 0) is 12.3 Å². The van der Waals surface area contributed by atoms with Crippen molar-refractivity contribution < 1.29 is 4.92 Å². The van der Waals surface area contributed by atoms with Gasteiger partial charge in [0.05, 0.1) is 11.0 Å². The molecule has 0 atom stereocenters. The van der Waals surface area contributed by atoms with Gasteiger partial charge in [-0.1, -0.05) is 20.8 Å². The van der Waals surface area contributed by atoms with Crippen LogP contribution < -0.4 is 5.32 Å². The van der Waals surface area contributed by atoms with Gasteiger partial charge in [0.1, 0.15) is 5.82 Å². The van der Waals surface area contributed by atoms with E-state index < -0.39 is 0 Å². The van der Waals surface area contributed by atoms with Gasteiger partial charge in [-0.25, -0.2) is 4.98 Å². The molecule has 1 rings (SSSR count). The van der Waals surface area contributed by atoms with Crippen molar-refractivity contribution in [2.24, 2.45) is 5.41 Å². The first kappa shape index (κ1) is 12.4. The molecule has 0 fully saturated rings. The number of rotatable bonds is 3. The Balaban J connectivity index is 2.83. The Kier molecular flexibility index (Phi) is 3.47. The highest BCUT2D eigenvalue weighted by atomic mass is 16.6. The number of nitrogens with one attached hydrogen (secondary N) is 1. The second kappa shape index (κ2) is 4.47. The van der Waals surface area contributed by atoms with Crippen LogP contribution in [0.4, 0.5) is 11.5 Å². The zero-order valence-electron chi connectivity index (χ0n) is 10.1. The normalized spacial score (nSPS) is 11.2. The van der Waals surface area contributed by atoms with Gasteiger partial charge in [0, 0.05) is 18.3 Å². The van der Waals surface area contributed by atoms with E-state index >= 15 is 0 Å². The maximum atomic E-state index is 10.7. The van der Waals surface area contributed by atoms with Crippen molar-refractivity contribution in [3.05, 3.63) is 27.9 Å². The molecular formula is C11H17N3O2. The van der Waals surface area contributed by atoms with Crippen molar-refractivity contribution in [1.82, 2.24) is 4.98 Å². The lowest BCUT2D eigenvalue weighted by atomic mass is 9.97. The van der Waals surface area contributed by atoms with E-state index in [0.717, 1.165) is 6.54 Å². The molecule has 1 aromatic heterocycles. The number of hydrogen-bond acceptors (Lipinski definition) is 4. The van der Waals surface area contributed by atoms with Crippen molar-refractivity contribution in [3.63, 3.8) is 0 Å². The number of nitro groups is 1. The van der Waals surface area contributed by atoms with Crippen LogP contribution in [0.15, 0.2) is 12.3 Å². The molecule has 0 radical (unpaired) electrons. The van der Waals surface area contributed by atoms with Crippen LogP contribution in [0.25, 0.3) is 0 Å². The summed E-state index contributed by atoms with van der Waals surface area (Å²) in [6.45, 7) is 8.66. The molecule has 16 heavy (non-hydrogen) atoms. The predicted molar refractivity (Wildman–Crippen MR) is 63.6 cm³/mol. The van der Waals surface area contributed by atoms with Crippen molar-refractivity contribution in [2.75, 3.05) is 11.9 Å². The molecule has 0 unspecified atom stereocenters. The second-order valence-electron chi connectivity index (χ2n) is 5.03. The molecule has 88 valence electrons. The van der Waals surface area contributed by atoms with Gasteiger partial charge in [-0.3, -0.25) is 10.1 Å². The Hall–Kier alpha value is -1.65. The summed E-state index contributed by atoms with van der Waals surface area (Å²) in [6, 6.07) is 1.47. The van der Waals surface area contributed by atoms with Crippen LogP contribution in [-0.2, 0) is 0 Å². The van der Waals surface area contributed by atoms with E-state index in [1.807, 2.05) is 0 Å². The molecule has 5 heteroatoms. The van der Waals surface area contributed by atoms with Crippen LogP contribution in [-0.4, -0.2) is 16.5 Å². The smallest absolute Gasteiger partial charge is 0.277 e. The van der Waals surface area contributed by atoms with Gasteiger partial charge in [0.2, 0.25) is 0 Å². The van der Waals surface area contributed by atoms with Crippen molar-refractivity contribution in [2.45, 2.75) is 27.7 Å². The van der Waals surface area contributed by atoms with Crippen LogP contribution in [0.2, 0.25) is 0 Å². The summed E-state index contributed by atoms with van der Waals surface area (Å²) in [5.41, 5.74) is 0.791. The average Bonchev–Trinajstić information content (AvgIpc) is 2.14. The lowest BCUT2D eigenvalue weighted by Gasteiger charge is -2.19. The Labute approximate surface area is 95.0 Å². The zero-order valence-corrected chi connectivity index (χ0v) is 10.1. The summed E-state index contributed by atoms with van der Waals surface area (Å²) in [4.78, 5) is 14.4. The van der Waals surface area contributed by atoms with Crippen LogP contribution in [0.5, 0.6) is 0 Å². The first-order chi connectivity index (χ1) is 7.29. The summed E-state index contributed by atoms with van der Waals surface area (Å²) >= 11 is 0. The third kappa shape index (κ3) is 3.49. The lowest BCUT2D eigenvalue weighted by Crippen LogP contribution is -2.19. The number of nitrogens with zero attached hydrogens (tertiary/aromatic N) is 2. The number of anilines is 1. The van der Waals surface area contributed by atoms with Gasteiger partial charge in [0.25, 0.3) is 5.69 Å². The van der Waals surface area contributed by atoms with Crippen LogP contribution >= 0.6 is 0 Å². The standard InChI is InChI=1S/C11H17N3O2/c1-8-6-12-10(5-9(8)14(15)16)13-7-11(2,3)4/h5-6H,7H2,1-4H3,(H,12,13). The van der Waals surface area contributed by atoms with E-state index in [2.05, 4.69) is 31.1 Å². The Morgan fingerprint density at radius 2 is 2.12 bits per heavy atom. The first-order valence-electron chi connectivity index (χ1n) is 5.14. The van der Waals surface area contributed by atoms with Gasteiger partial charge in [-0.15, -0.1) is 0 Å². The number of hydrogen-bond donors (Lipinski definition) is 1. The van der Waals surface area contributed by atoms with E-state index in [9.17, 15) is 10.1 Å². The van der Waals surface area contributed by atoms with Crippen molar-refractivity contribution in [3.8, 4) is 0 Å². The fourth-order valence-electron chi connectivity index (χ4n) is 1.16. The molecule has 0 aliphatic carbocycles. The molecule has 1 N–H and O–H groups in total. The molecule has 0 saturated carbocycles. The van der Waals surface area contributed by atoms with Gasteiger partial charge < -0.3 is 5.32 Å². The number of aromatic nitrogens is 1. The first-order valence-corrected chi connectivity index (χ1v) is 5.14. The van der Waals surface area contributed by atoms with Gasteiger partial charge in [0.15, 0.2) is 0 Å². The SMILES string of the molecule is Cc1cnc(NCC(C)(C)C)cc1[N+](=O)[O-]. The van der Waals surface area contributed by atoms with E-state index in [4.69, 9.17) is 0 Å². The fourth-order valence-corrected chi connectivity index (χ4v) is 1.16. The molecule has 0 aromatic carbocycles. The summed E-state index contributed by atoms with van der Waals surface area (Å²) in [6.07, 6.45) is 1.52. The molecule has 1 heterocycles. The number of aryl methyl sites for hydroxylation is 1. The van der Waals surface area contributed by atoms with E-state index in [1.165, 1.54) is 12.3 Å². The topological polar surface area (TPSA) is 68.1 Å². The number of pyridine rings is 1. The summed E-state index contributed by atoms with van der Waals surface area (Å²) in [7, 11) is 0. The molecule has 0 saturated heterocycles. The second-order valence-corrected chi connectivity index (χ2v) is 5.03. The minimum Gasteiger partial charge on any atom is -0.369 e. The predicted octanol–water partition coefficient (Wildman–Crippen LogP) is 2.76. The lowest BCUT2D eigenvalue weighted by molar-refractivity contribution is -0.385. The molecular weight excluding hydrogens is 206 g/mol. The van der Waals surface area contributed by atoms with E-state index in [-0.39, 0.29) is 16.0 Å². The molecule has 1 aromatic rings. The maximum absolute atomic E-state index is 10.7. The summed E-state index contributed by atoms with van der Waals surface area (Å²) < 4.78 is 0. The molecule has 0 bridgehead atoms. The molecule has 0 spiro atoms. The highest BCUT2D eigenvalue weighted by molar-refractivity contribution is 5.48. The molecule has 0 aliphatic rings. The molecule has 0 amide bonds. The molecule has 5 nitrogen and oxygen atoms in total. The van der Waals surface area contributed by atoms with E-state index in [1.54, 1.807) is 6.92 Å². The minimum atomic E-state index is -0.390. The third-order valence-electron chi connectivity index (χ3n) is 2.07. The third-order valence-corrected chi connectivity index (χ3v) is 2.07. The summed E-state index contributed by atoms with van der Waals surface area (Å²) in [5, 5.41) is 13.8. The minimum absolute atomic E-state index is 0.103. The summed E-state index contributed by atoms with van der Waals surface area (Å²) in [5.74, 6) is 0.548.